The monoisotopic (exact) mass is 240 g/mol. The zero-order valence-corrected chi connectivity index (χ0v) is 10.9. The Hall–Kier alpha value is -0.450. The first kappa shape index (κ1) is 12.0. The Balaban J connectivity index is 1.95. The van der Waals surface area contributed by atoms with Crippen molar-refractivity contribution in [2.75, 3.05) is 31.6 Å². The van der Waals surface area contributed by atoms with Crippen molar-refractivity contribution in [3.63, 3.8) is 0 Å². The number of rotatable bonds is 4. The molecule has 0 aliphatic carbocycles. The summed E-state index contributed by atoms with van der Waals surface area (Å²) < 4.78 is 5.85. The van der Waals surface area contributed by atoms with Crippen LogP contribution >= 0.6 is 11.8 Å². The summed E-state index contributed by atoms with van der Waals surface area (Å²) in [6.45, 7) is 6.27. The van der Waals surface area contributed by atoms with E-state index in [2.05, 4.69) is 23.2 Å². The largest absolute Gasteiger partial charge is 0.463 e. The molecule has 1 aromatic rings. The molecule has 1 fully saturated rings. The molecule has 2 rings (SSSR count). The Morgan fingerprint density at radius 1 is 1.44 bits per heavy atom. The molecule has 0 unspecified atom stereocenters. The van der Waals surface area contributed by atoms with E-state index in [0.717, 1.165) is 24.6 Å². The zero-order chi connectivity index (χ0) is 11.4. The molecule has 0 bridgehead atoms. The maximum Gasteiger partial charge on any atom is 0.120 e. The van der Waals surface area contributed by atoms with Crippen LogP contribution in [0.2, 0.25) is 0 Å². The van der Waals surface area contributed by atoms with E-state index in [1.54, 1.807) is 0 Å². The molecular weight excluding hydrogens is 220 g/mol. The van der Waals surface area contributed by atoms with Crippen LogP contribution in [0.15, 0.2) is 10.5 Å². The summed E-state index contributed by atoms with van der Waals surface area (Å²) in [6.07, 6.45) is 0. The summed E-state index contributed by atoms with van der Waals surface area (Å²) in [5.41, 5.74) is 1.26. The fourth-order valence-electron chi connectivity index (χ4n) is 1.98. The highest BCUT2D eigenvalue weighted by molar-refractivity contribution is 7.99. The van der Waals surface area contributed by atoms with Crippen molar-refractivity contribution in [1.29, 1.82) is 0 Å². The Morgan fingerprint density at radius 3 is 2.88 bits per heavy atom. The lowest BCUT2D eigenvalue weighted by atomic mass is 10.2. The van der Waals surface area contributed by atoms with Gasteiger partial charge in [0.05, 0.1) is 13.1 Å². The van der Waals surface area contributed by atoms with Crippen molar-refractivity contribution in [2.24, 2.45) is 0 Å². The van der Waals surface area contributed by atoms with E-state index in [1.165, 1.54) is 30.2 Å². The third kappa shape index (κ3) is 3.03. The minimum absolute atomic E-state index is 0.821. The molecule has 1 saturated heterocycles. The summed E-state index contributed by atoms with van der Waals surface area (Å²) in [4.78, 5) is 2.47. The van der Waals surface area contributed by atoms with Crippen LogP contribution in [0.4, 0.5) is 0 Å². The summed E-state index contributed by atoms with van der Waals surface area (Å²) in [5, 5.41) is 3.13. The second-order valence-corrected chi connectivity index (χ2v) is 5.46. The SMILES string of the molecule is CNCc1oc(CN2CCSCC2)cc1C. The van der Waals surface area contributed by atoms with Crippen molar-refractivity contribution in [2.45, 2.75) is 20.0 Å². The molecule has 0 aromatic carbocycles. The lowest BCUT2D eigenvalue weighted by molar-refractivity contribution is 0.264. The molecule has 1 aromatic heterocycles. The molecule has 0 spiro atoms. The van der Waals surface area contributed by atoms with Crippen LogP contribution in [0.3, 0.4) is 0 Å². The molecule has 16 heavy (non-hydrogen) atoms. The van der Waals surface area contributed by atoms with Crippen molar-refractivity contribution < 1.29 is 4.42 Å². The number of thioether (sulfide) groups is 1. The molecule has 4 heteroatoms. The summed E-state index contributed by atoms with van der Waals surface area (Å²) in [6, 6.07) is 2.18. The van der Waals surface area contributed by atoms with Gasteiger partial charge in [-0.3, -0.25) is 4.90 Å². The molecular formula is C12H20N2OS. The Labute approximate surface area is 102 Å². The smallest absolute Gasteiger partial charge is 0.120 e. The number of hydrogen-bond acceptors (Lipinski definition) is 4. The molecule has 1 aliphatic rings. The third-order valence-corrected chi connectivity index (χ3v) is 3.83. The highest BCUT2D eigenvalue weighted by Crippen LogP contribution is 2.18. The highest BCUT2D eigenvalue weighted by atomic mass is 32.2. The zero-order valence-electron chi connectivity index (χ0n) is 10.1. The van der Waals surface area contributed by atoms with Gasteiger partial charge in [-0.05, 0) is 25.6 Å². The van der Waals surface area contributed by atoms with E-state index in [0.29, 0.717) is 0 Å². The number of nitrogens with one attached hydrogen (secondary N) is 1. The lowest BCUT2D eigenvalue weighted by Gasteiger charge is -2.24. The van der Waals surface area contributed by atoms with Gasteiger partial charge in [-0.25, -0.2) is 0 Å². The quantitative estimate of drug-likeness (QED) is 0.869. The van der Waals surface area contributed by atoms with Gasteiger partial charge >= 0.3 is 0 Å². The fraction of sp³-hybridized carbons (Fsp3) is 0.667. The molecule has 2 heterocycles. The molecule has 1 N–H and O–H groups in total. The van der Waals surface area contributed by atoms with Crippen LogP contribution in [0.1, 0.15) is 17.1 Å². The third-order valence-electron chi connectivity index (χ3n) is 2.89. The van der Waals surface area contributed by atoms with Crippen LogP contribution in [-0.4, -0.2) is 36.5 Å². The average Bonchev–Trinajstić information content (AvgIpc) is 2.61. The topological polar surface area (TPSA) is 28.4 Å². The Kier molecular flexibility index (Phi) is 4.32. The van der Waals surface area contributed by atoms with Gasteiger partial charge in [-0.15, -0.1) is 0 Å². The second-order valence-electron chi connectivity index (χ2n) is 4.24. The predicted octanol–water partition coefficient (Wildman–Crippen LogP) is 1.86. The van der Waals surface area contributed by atoms with Crippen LogP contribution in [0, 0.1) is 6.92 Å². The molecule has 0 radical (unpaired) electrons. The first-order valence-corrected chi connectivity index (χ1v) is 6.98. The molecule has 0 saturated carbocycles. The summed E-state index contributed by atoms with van der Waals surface area (Å²) >= 11 is 2.04. The van der Waals surface area contributed by atoms with Crippen molar-refractivity contribution in [1.82, 2.24) is 10.2 Å². The van der Waals surface area contributed by atoms with Crippen LogP contribution in [0.25, 0.3) is 0 Å². The van der Waals surface area contributed by atoms with Crippen LogP contribution in [0.5, 0.6) is 0 Å². The van der Waals surface area contributed by atoms with Gasteiger partial charge in [0.2, 0.25) is 0 Å². The number of hydrogen-bond donors (Lipinski definition) is 1. The predicted molar refractivity (Wildman–Crippen MR) is 68.8 cm³/mol. The van der Waals surface area contributed by atoms with E-state index in [9.17, 15) is 0 Å². The van der Waals surface area contributed by atoms with Gasteiger partial charge in [0.1, 0.15) is 11.5 Å². The molecule has 0 atom stereocenters. The Morgan fingerprint density at radius 2 is 2.19 bits per heavy atom. The molecule has 0 amide bonds. The fourth-order valence-corrected chi connectivity index (χ4v) is 2.96. The van der Waals surface area contributed by atoms with E-state index in [4.69, 9.17) is 4.42 Å². The standard InChI is InChI=1S/C12H20N2OS/c1-10-7-11(15-12(10)8-13-2)9-14-3-5-16-6-4-14/h7,13H,3-6,8-9H2,1-2H3. The highest BCUT2D eigenvalue weighted by Gasteiger charge is 2.14. The minimum Gasteiger partial charge on any atom is -0.463 e. The summed E-state index contributed by atoms with van der Waals surface area (Å²) in [7, 11) is 1.95. The maximum atomic E-state index is 5.85. The van der Waals surface area contributed by atoms with Crippen molar-refractivity contribution >= 4 is 11.8 Å². The van der Waals surface area contributed by atoms with Crippen molar-refractivity contribution in [3.8, 4) is 0 Å². The van der Waals surface area contributed by atoms with Gasteiger partial charge in [-0.2, -0.15) is 11.8 Å². The van der Waals surface area contributed by atoms with Crippen molar-refractivity contribution in [3.05, 3.63) is 23.2 Å². The Bertz CT molecular complexity index is 332. The number of nitrogens with zero attached hydrogens (tertiary/aromatic N) is 1. The number of aryl methyl sites for hydroxylation is 1. The number of furan rings is 1. The maximum absolute atomic E-state index is 5.85. The van der Waals surface area contributed by atoms with Crippen LogP contribution < -0.4 is 5.32 Å². The van der Waals surface area contributed by atoms with E-state index in [1.807, 2.05) is 18.8 Å². The van der Waals surface area contributed by atoms with Gasteiger partial charge in [-0.1, -0.05) is 0 Å². The van der Waals surface area contributed by atoms with Gasteiger partial charge in [0, 0.05) is 24.6 Å². The second kappa shape index (κ2) is 5.75. The van der Waals surface area contributed by atoms with Gasteiger partial charge in [0.15, 0.2) is 0 Å². The molecule has 3 nitrogen and oxygen atoms in total. The van der Waals surface area contributed by atoms with E-state index in [-0.39, 0.29) is 0 Å². The minimum atomic E-state index is 0.821. The first-order valence-electron chi connectivity index (χ1n) is 5.82. The normalized spacial score (nSPS) is 17.9. The average molecular weight is 240 g/mol. The van der Waals surface area contributed by atoms with Gasteiger partial charge in [0.25, 0.3) is 0 Å². The van der Waals surface area contributed by atoms with Crippen LogP contribution in [-0.2, 0) is 13.1 Å². The first-order chi connectivity index (χ1) is 7.79. The molecule has 1 aliphatic heterocycles. The van der Waals surface area contributed by atoms with E-state index < -0.39 is 0 Å². The summed E-state index contributed by atoms with van der Waals surface area (Å²) in [5.74, 6) is 4.69. The molecule has 90 valence electrons. The van der Waals surface area contributed by atoms with Gasteiger partial charge < -0.3 is 9.73 Å². The lowest BCUT2D eigenvalue weighted by Crippen LogP contribution is -2.31. The van der Waals surface area contributed by atoms with E-state index >= 15 is 0 Å².